The molecular formula is C31H33N5O5. The zero-order valence-corrected chi connectivity index (χ0v) is 23.3. The van der Waals surface area contributed by atoms with Crippen LogP contribution in [-0.2, 0) is 32.6 Å². The number of aryl methyl sites for hydroxylation is 1. The molecule has 212 valence electrons. The van der Waals surface area contributed by atoms with Crippen molar-refractivity contribution in [3.8, 4) is 0 Å². The molecule has 2 aliphatic heterocycles. The molecule has 2 fully saturated rings. The summed E-state index contributed by atoms with van der Waals surface area (Å²) in [7, 11) is 1.94. The number of hydrogen-bond acceptors (Lipinski definition) is 6. The first-order valence-corrected chi connectivity index (χ1v) is 14.0. The first kappa shape index (κ1) is 26.9. The van der Waals surface area contributed by atoms with Gasteiger partial charge in [0.05, 0.1) is 0 Å². The van der Waals surface area contributed by atoms with E-state index in [1.165, 1.54) is 4.90 Å². The van der Waals surface area contributed by atoms with Crippen LogP contribution in [0.2, 0.25) is 0 Å². The van der Waals surface area contributed by atoms with Crippen LogP contribution in [0.3, 0.4) is 0 Å². The number of amides is 4. The number of hydrogen-bond donors (Lipinski definition) is 1. The molecule has 2 aromatic heterocycles. The van der Waals surface area contributed by atoms with Crippen molar-refractivity contribution in [2.24, 2.45) is 18.9 Å². The topological polar surface area (TPSA) is 114 Å². The fourth-order valence-electron chi connectivity index (χ4n) is 5.62. The molecule has 10 nitrogen and oxygen atoms in total. The number of fused-ring (bicyclic) bond motifs is 1. The highest BCUT2D eigenvalue weighted by molar-refractivity contribution is 5.99. The van der Waals surface area contributed by atoms with E-state index in [2.05, 4.69) is 18.3 Å². The van der Waals surface area contributed by atoms with Crippen molar-refractivity contribution < 1.29 is 23.9 Å². The lowest BCUT2D eigenvalue weighted by Gasteiger charge is -2.32. The summed E-state index contributed by atoms with van der Waals surface area (Å²) in [4.78, 5) is 57.8. The third-order valence-corrected chi connectivity index (χ3v) is 8.04. The van der Waals surface area contributed by atoms with E-state index in [-0.39, 0.29) is 55.2 Å². The van der Waals surface area contributed by atoms with Crippen molar-refractivity contribution >= 4 is 46.1 Å². The van der Waals surface area contributed by atoms with Gasteiger partial charge < -0.3 is 19.5 Å². The SMILES string of the molecule is CC1CN(C(=O)c2cccc(CCN3C(=O)COCC3=O)c2)CC=C1c1cc(NC(=O)C2CC2)nc2c1ccn2C. The van der Waals surface area contributed by atoms with E-state index < -0.39 is 0 Å². The number of pyridine rings is 1. The van der Waals surface area contributed by atoms with Crippen LogP contribution in [-0.4, -0.2) is 75.8 Å². The third-order valence-electron chi connectivity index (χ3n) is 8.04. The summed E-state index contributed by atoms with van der Waals surface area (Å²) >= 11 is 0. The van der Waals surface area contributed by atoms with Crippen LogP contribution in [0.15, 0.2) is 48.7 Å². The average Bonchev–Trinajstić information content (AvgIpc) is 3.75. The molecule has 3 aliphatic rings. The Morgan fingerprint density at radius 3 is 2.61 bits per heavy atom. The Morgan fingerprint density at radius 2 is 1.88 bits per heavy atom. The monoisotopic (exact) mass is 555 g/mol. The van der Waals surface area contributed by atoms with Gasteiger partial charge in [-0.15, -0.1) is 0 Å². The molecule has 41 heavy (non-hydrogen) atoms. The molecule has 10 heteroatoms. The normalized spacial score (nSPS) is 19.5. The number of nitrogens with one attached hydrogen (secondary N) is 1. The minimum atomic E-state index is -0.335. The van der Waals surface area contributed by atoms with E-state index in [9.17, 15) is 19.2 Å². The van der Waals surface area contributed by atoms with Crippen molar-refractivity contribution in [1.29, 1.82) is 0 Å². The predicted octanol–water partition coefficient (Wildman–Crippen LogP) is 3.03. The highest BCUT2D eigenvalue weighted by Crippen LogP contribution is 2.35. The van der Waals surface area contributed by atoms with E-state index in [1.54, 1.807) is 6.07 Å². The number of nitrogens with zero attached hydrogens (tertiary/aromatic N) is 4. The van der Waals surface area contributed by atoms with Crippen molar-refractivity contribution in [2.45, 2.75) is 26.2 Å². The molecule has 1 saturated heterocycles. The fourth-order valence-corrected chi connectivity index (χ4v) is 5.62. The molecule has 0 bridgehead atoms. The van der Waals surface area contributed by atoms with Crippen LogP contribution in [0, 0.1) is 11.8 Å². The van der Waals surface area contributed by atoms with Gasteiger partial charge in [0.15, 0.2) is 0 Å². The maximum atomic E-state index is 13.5. The van der Waals surface area contributed by atoms with Crippen molar-refractivity contribution in [1.82, 2.24) is 19.4 Å². The molecule has 1 N–H and O–H groups in total. The second kappa shape index (κ2) is 10.9. The number of benzene rings is 1. The fraction of sp³-hybridized carbons (Fsp3) is 0.387. The van der Waals surface area contributed by atoms with Gasteiger partial charge in [0.2, 0.25) is 5.91 Å². The van der Waals surface area contributed by atoms with Crippen LogP contribution in [0.5, 0.6) is 0 Å². The van der Waals surface area contributed by atoms with Gasteiger partial charge in [0.1, 0.15) is 24.7 Å². The Labute approximate surface area is 237 Å². The van der Waals surface area contributed by atoms with Gasteiger partial charge in [0.25, 0.3) is 17.7 Å². The lowest BCUT2D eigenvalue weighted by molar-refractivity contribution is -0.158. The maximum absolute atomic E-state index is 13.5. The van der Waals surface area contributed by atoms with E-state index in [4.69, 9.17) is 9.72 Å². The van der Waals surface area contributed by atoms with Crippen LogP contribution in [0.4, 0.5) is 5.82 Å². The Hall–Kier alpha value is -4.31. The molecule has 1 aromatic carbocycles. The number of rotatable bonds is 7. The quantitative estimate of drug-likeness (QED) is 0.449. The van der Waals surface area contributed by atoms with Crippen LogP contribution in [0.25, 0.3) is 16.6 Å². The summed E-state index contributed by atoms with van der Waals surface area (Å²) in [5.41, 5.74) is 4.41. The number of anilines is 1. The van der Waals surface area contributed by atoms with Gasteiger partial charge >= 0.3 is 0 Å². The van der Waals surface area contributed by atoms with Gasteiger partial charge in [-0.05, 0) is 66.1 Å². The summed E-state index contributed by atoms with van der Waals surface area (Å²) in [5, 5.41) is 4.01. The summed E-state index contributed by atoms with van der Waals surface area (Å²) in [6.45, 7) is 3.20. The van der Waals surface area contributed by atoms with Crippen molar-refractivity contribution in [3.63, 3.8) is 0 Å². The van der Waals surface area contributed by atoms with E-state index in [0.29, 0.717) is 30.9 Å². The zero-order valence-electron chi connectivity index (χ0n) is 23.3. The van der Waals surface area contributed by atoms with Crippen LogP contribution >= 0.6 is 0 Å². The van der Waals surface area contributed by atoms with E-state index in [1.807, 2.05) is 53.0 Å². The predicted molar refractivity (Wildman–Crippen MR) is 153 cm³/mol. The molecule has 1 unspecified atom stereocenters. The molecule has 1 saturated carbocycles. The number of carbonyl (C=O) groups excluding carboxylic acids is 4. The van der Waals surface area contributed by atoms with Crippen LogP contribution in [0.1, 0.15) is 41.3 Å². The summed E-state index contributed by atoms with van der Waals surface area (Å²) in [6, 6.07) is 11.4. The number of ether oxygens (including phenoxy) is 1. The highest BCUT2D eigenvalue weighted by atomic mass is 16.5. The standard InChI is InChI=1S/C31H33N5O5/c1-19-16-35(31(40)22-5-3-4-20(14-22)8-13-36-27(37)17-41-18-28(36)38)12-10-23(19)25-15-26(33-30(39)21-6-7-21)32-29-24(25)9-11-34(29)2/h3-5,9-11,14-15,19,21H,6-8,12-13,16-18H2,1-2H3,(H,32,33,39). The lowest BCUT2D eigenvalue weighted by Crippen LogP contribution is -2.46. The Morgan fingerprint density at radius 1 is 1.10 bits per heavy atom. The van der Waals surface area contributed by atoms with Crippen molar-refractivity contribution in [2.75, 3.05) is 38.2 Å². The summed E-state index contributed by atoms with van der Waals surface area (Å²) in [5.74, 6) is -0.0217. The van der Waals surface area contributed by atoms with Gasteiger partial charge in [-0.3, -0.25) is 24.1 Å². The van der Waals surface area contributed by atoms with Gasteiger partial charge in [0, 0.05) is 49.7 Å². The number of carbonyl (C=O) groups is 4. The first-order chi connectivity index (χ1) is 19.8. The zero-order chi connectivity index (χ0) is 28.7. The number of aromatic nitrogens is 2. The minimum Gasteiger partial charge on any atom is -0.362 e. The number of imide groups is 1. The smallest absolute Gasteiger partial charge is 0.255 e. The van der Waals surface area contributed by atoms with E-state index >= 15 is 0 Å². The molecule has 1 atom stereocenters. The maximum Gasteiger partial charge on any atom is 0.255 e. The molecular weight excluding hydrogens is 522 g/mol. The molecule has 0 radical (unpaired) electrons. The largest absolute Gasteiger partial charge is 0.362 e. The minimum absolute atomic E-state index is 0.0184. The molecule has 4 heterocycles. The Bertz CT molecular complexity index is 1570. The average molecular weight is 556 g/mol. The van der Waals surface area contributed by atoms with Gasteiger partial charge in [-0.1, -0.05) is 25.1 Å². The second-order valence-electron chi connectivity index (χ2n) is 11.1. The first-order valence-electron chi connectivity index (χ1n) is 14.0. The molecule has 0 spiro atoms. The van der Waals surface area contributed by atoms with Crippen molar-refractivity contribution in [3.05, 3.63) is 65.4 Å². The molecule has 6 rings (SSSR count). The summed E-state index contributed by atoms with van der Waals surface area (Å²) in [6.07, 6.45) is 6.38. The molecule has 3 aromatic rings. The summed E-state index contributed by atoms with van der Waals surface area (Å²) < 4.78 is 6.93. The van der Waals surface area contributed by atoms with Gasteiger partial charge in [-0.2, -0.15) is 0 Å². The van der Waals surface area contributed by atoms with E-state index in [0.717, 1.165) is 40.6 Å². The molecule has 1 aliphatic carbocycles. The van der Waals surface area contributed by atoms with Gasteiger partial charge in [-0.25, -0.2) is 4.98 Å². The Balaban J connectivity index is 1.19. The molecule has 4 amide bonds. The Kier molecular flexibility index (Phi) is 7.17. The highest BCUT2D eigenvalue weighted by Gasteiger charge is 2.31. The second-order valence-corrected chi connectivity index (χ2v) is 11.1. The lowest BCUT2D eigenvalue weighted by atomic mass is 9.89. The van der Waals surface area contributed by atoms with Crippen LogP contribution < -0.4 is 5.32 Å². The number of morpholine rings is 1. The third kappa shape index (κ3) is 5.52.